The van der Waals surface area contributed by atoms with Gasteiger partial charge in [0.15, 0.2) is 0 Å². The highest BCUT2D eigenvalue weighted by atomic mass is 14.1. The van der Waals surface area contributed by atoms with Crippen LogP contribution in [0.4, 0.5) is 0 Å². The maximum absolute atomic E-state index is 2.24. The van der Waals surface area contributed by atoms with E-state index < -0.39 is 0 Å². The minimum Gasteiger partial charge on any atom is -0.0870 e. The minimum atomic E-state index is 1.29. The lowest BCUT2D eigenvalue weighted by Crippen LogP contribution is -1.87. The minimum absolute atomic E-state index is 1.29. The van der Waals surface area contributed by atoms with Crippen molar-refractivity contribution in [1.82, 2.24) is 0 Å². The number of aryl methyl sites for hydroxylation is 2. The van der Waals surface area contributed by atoms with Crippen LogP contribution in [-0.4, -0.2) is 0 Å². The summed E-state index contributed by atoms with van der Waals surface area (Å²) in [6.07, 6.45) is 4.29. The van der Waals surface area contributed by atoms with E-state index in [1.54, 1.807) is 0 Å². The Bertz CT molecular complexity index is 548. The Labute approximate surface area is 104 Å². The molecule has 0 aromatic heterocycles. The smallest absolute Gasteiger partial charge is 0.0109 e. The topological polar surface area (TPSA) is 0 Å². The van der Waals surface area contributed by atoms with Crippen LogP contribution in [0.1, 0.15) is 23.6 Å². The first-order valence-corrected chi connectivity index (χ1v) is 6.01. The Morgan fingerprint density at radius 2 is 1.71 bits per heavy atom. The van der Waals surface area contributed by atoms with Crippen molar-refractivity contribution in [2.24, 2.45) is 0 Å². The Hall–Kier alpha value is -1.82. The summed E-state index contributed by atoms with van der Waals surface area (Å²) < 4.78 is 0. The van der Waals surface area contributed by atoms with E-state index in [-0.39, 0.29) is 0 Å². The van der Waals surface area contributed by atoms with Crippen LogP contribution < -0.4 is 0 Å². The average molecular weight is 222 g/mol. The van der Waals surface area contributed by atoms with Crippen molar-refractivity contribution in [2.75, 3.05) is 0 Å². The van der Waals surface area contributed by atoms with E-state index in [1.165, 1.54) is 27.8 Å². The third-order valence-corrected chi connectivity index (χ3v) is 2.99. The van der Waals surface area contributed by atoms with E-state index in [0.717, 1.165) is 0 Å². The van der Waals surface area contributed by atoms with Gasteiger partial charge in [-0.2, -0.15) is 0 Å². The molecule has 0 N–H and O–H groups in total. The van der Waals surface area contributed by atoms with Gasteiger partial charge in [-0.1, -0.05) is 60.2 Å². The predicted molar refractivity (Wildman–Crippen MR) is 76.1 cm³/mol. The molecule has 0 saturated carbocycles. The third-order valence-electron chi connectivity index (χ3n) is 2.99. The summed E-state index contributed by atoms with van der Waals surface area (Å²) in [4.78, 5) is 0. The molecule has 0 heterocycles. The van der Waals surface area contributed by atoms with Crippen LogP contribution in [0.25, 0.3) is 17.2 Å². The van der Waals surface area contributed by atoms with Crippen molar-refractivity contribution in [3.63, 3.8) is 0 Å². The molecular weight excluding hydrogens is 204 g/mol. The van der Waals surface area contributed by atoms with Gasteiger partial charge in [-0.15, -0.1) is 0 Å². The summed E-state index contributed by atoms with van der Waals surface area (Å²) >= 11 is 0. The second-order valence-corrected chi connectivity index (χ2v) is 4.41. The largest absolute Gasteiger partial charge is 0.0870 e. The van der Waals surface area contributed by atoms with Crippen LogP contribution in [0, 0.1) is 13.8 Å². The molecule has 0 saturated heterocycles. The molecule has 2 aromatic carbocycles. The normalized spacial score (nSPS) is 11.0. The molecule has 0 radical (unpaired) electrons. The van der Waals surface area contributed by atoms with E-state index in [0.29, 0.717) is 0 Å². The molecule has 86 valence electrons. The highest BCUT2D eigenvalue weighted by Gasteiger charge is 2.04. The molecule has 0 heteroatoms. The molecule has 0 unspecified atom stereocenters. The first kappa shape index (κ1) is 11.7. The zero-order chi connectivity index (χ0) is 12.3. The summed E-state index contributed by atoms with van der Waals surface area (Å²) in [5, 5.41) is 0. The molecule has 2 rings (SSSR count). The van der Waals surface area contributed by atoms with Crippen LogP contribution in [0.3, 0.4) is 0 Å². The van der Waals surface area contributed by atoms with Gasteiger partial charge in [-0.25, -0.2) is 0 Å². The molecule has 0 atom stereocenters. The fourth-order valence-electron chi connectivity index (χ4n) is 2.13. The predicted octanol–water partition coefficient (Wildman–Crippen LogP) is 5.00. The number of hydrogen-bond donors (Lipinski definition) is 0. The molecule has 0 fully saturated rings. The van der Waals surface area contributed by atoms with Crippen molar-refractivity contribution < 1.29 is 0 Å². The summed E-state index contributed by atoms with van der Waals surface area (Å²) in [5.74, 6) is 0. The molecule has 0 aliphatic carbocycles. The van der Waals surface area contributed by atoms with Gasteiger partial charge in [0.2, 0.25) is 0 Å². The second kappa shape index (κ2) is 5.01. The molecule has 17 heavy (non-hydrogen) atoms. The van der Waals surface area contributed by atoms with E-state index in [2.05, 4.69) is 75.4 Å². The monoisotopic (exact) mass is 222 g/mol. The molecule has 0 nitrogen and oxygen atoms in total. The van der Waals surface area contributed by atoms with Crippen molar-refractivity contribution in [3.05, 3.63) is 65.2 Å². The van der Waals surface area contributed by atoms with Gasteiger partial charge in [0.05, 0.1) is 0 Å². The fourth-order valence-corrected chi connectivity index (χ4v) is 2.13. The Kier molecular flexibility index (Phi) is 3.43. The second-order valence-electron chi connectivity index (χ2n) is 4.41. The van der Waals surface area contributed by atoms with Crippen molar-refractivity contribution in [3.8, 4) is 11.1 Å². The SMILES string of the molecule is C/C=C\c1c(C)cccc1-c1cccc(C)c1. The summed E-state index contributed by atoms with van der Waals surface area (Å²) in [7, 11) is 0. The van der Waals surface area contributed by atoms with E-state index in [1.807, 2.05) is 0 Å². The molecule has 0 amide bonds. The van der Waals surface area contributed by atoms with Crippen LogP contribution in [-0.2, 0) is 0 Å². The Morgan fingerprint density at radius 3 is 2.41 bits per heavy atom. The summed E-state index contributed by atoms with van der Waals surface area (Å²) in [6.45, 7) is 6.36. The van der Waals surface area contributed by atoms with Gasteiger partial charge >= 0.3 is 0 Å². The molecule has 0 bridgehead atoms. The standard InChI is InChI=1S/C17H18/c1-4-7-16-14(3)9-6-11-17(16)15-10-5-8-13(2)12-15/h4-12H,1-3H3/b7-4-. The van der Waals surface area contributed by atoms with Crippen molar-refractivity contribution >= 4 is 6.08 Å². The molecule has 0 aliphatic heterocycles. The first-order chi connectivity index (χ1) is 8.22. The summed E-state index contributed by atoms with van der Waals surface area (Å²) in [5.41, 5.74) is 6.55. The van der Waals surface area contributed by atoms with Crippen molar-refractivity contribution in [1.29, 1.82) is 0 Å². The zero-order valence-electron chi connectivity index (χ0n) is 10.7. The average Bonchev–Trinajstić information content (AvgIpc) is 2.32. The third kappa shape index (κ3) is 2.47. The van der Waals surface area contributed by atoms with Crippen LogP contribution in [0.2, 0.25) is 0 Å². The highest BCUT2D eigenvalue weighted by molar-refractivity contribution is 5.77. The first-order valence-electron chi connectivity index (χ1n) is 6.01. The molecule has 2 aromatic rings. The lowest BCUT2D eigenvalue weighted by atomic mass is 9.95. The van der Waals surface area contributed by atoms with E-state index in [9.17, 15) is 0 Å². The van der Waals surface area contributed by atoms with E-state index in [4.69, 9.17) is 0 Å². The molecule has 0 aliphatic rings. The van der Waals surface area contributed by atoms with Crippen LogP contribution in [0.5, 0.6) is 0 Å². The van der Waals surface area contributed by atoms with Gasteiger partial charge in [0, 0.05) is 0 Å². The Morgan fingerprint density at radius 1 is 0.941 bits per heavy atom. The maximum Gasteiger partial charge on any atom is -0.0109 e. The Balaban J connectivity index is 2.63. The van der Waals surface area contributed by atoms with Gasteiger partial charge in [-0.3, -0.25) is 0 Å². The maximum atomic E-state index is 2.24. The summed E-state index contributed by atoms with van der Waals surface area (Å²) in [6, 6.07) is 15.1. The van der Waals surface area contributed by atoms with Gasteiger partial charge < -0.3 is 0 Å². The number of rotatable bonds is 2. The fraction of sp³-hybridized carbons (Fsp3) is 0.176. The highest BCUT2D eigenvalue weighted by Crippen LogP contribution is 2.27. The zero-order valence-corrected chi connectivity index (χ0v) is 10.7. The molecular formula is C17H18. The van der Waals surface area contributed by atoms with Gasteiger partial charge in [0.25, 0.3) is 0 Å². The van der Waals surface area contributed by atoms with Gasteiger partial charge in [-0.05, 0) is 43.0 Å². The lowest BCUT2D eigenvalue weighted by Gasteiger charge is -2.10. The lowest BCUT2D eigenvalue weighted by molar-refractivity contribution is 1.42. The quantitative estimate of drug-likeness (QED) is 0.670. The number of allylic oxidation sites excluding steroid dienone is 1. The number of benzene rings is 2. The van der Waals surface area contributed by atoms with Gasteiger partial charge in [0.1, 0.15) is 0 Å². The van der Waals surface area contributed by atoms with E-state index >= 15 is 0 Å². The van der Waals surface area contributed by atoms with Crippen LogP contribution >= 0.6 is 0 Å². The van der Waals surface area contributed by atoms with Crippen LogP contribution in [0.15, 0.2) is 48.5 Å². The molecule has 0 spiro atoms. The number of hydrogen-bond acceptors (Lipinski definition) is 0. The van der Waals surface area contributed by atoms with Crippen molar-refractivity contribution in [2.45, 2.75) is 20.8 Å².